The molecule has 3 nitrogen and oxygen atoms in total. The molecule has 1 heterocycles. The van der Waals surface area contributed by atoms with Crippen LogP contribution in [0.1, 0.15) is 50.4 Å². The number of rotatable bonds is 5. The van der Waals surface area contributed by atoms with Gasteiger partial charge in [0.2, 0.25) is 0 Å². The van der Waals surface area contributed by atoms with Crippen molar-refractivity contribution in [1.82, 2.24) is 4.90 Å². The molecule has 1 aliphatic rings. The molecule has 1 aromatic carbocycles. The molecule has 0 saturated carbocycles. The molecule has 2 rings (SSSR count). The van der Waals surface area contributed by atoms with Gasteiger partial charge in [0.25, 0.3) is 5.91 Å². The maximum Gasteiger partial charge on any atom is 0.257 e. The second kappa shape index (κ2) is 8.11. The molecule has 0 aromatic heterocycles. The molecule has 1 aromatic rings. The van der Waals surface area contributed by atoms with E-state index >= 15 is 0 Å². The van der Waals surface area contributed by atoms with Crippen molar-refractivity contribution in [2.24, 2.45) is 5.92 Å². The van der Waals surface area contributed by atoms with Crippen LogP contribution in [-0.4, -0.2) is 36.1 Å². The zero-order chi connectivity index (χ0) is 17.0. The first-order valence-electron chi connectivity index (χ1n) is 8.32. The molecule has 0 radical (unpaired) electrons. The molecular formula is C18H25ClFNO2. The van der Waals surface area contributed by atoms with Crippen molar-refractivity contribution in [2.75, 3.05) is 13.1 Å². The number of unbranched alkanes of at least 4 members (excludes halogenated alkanes) is 1. The van der Waals surface area contributed by atoms with Crippen molar-refractivity contribution in [3.8, 4) is 0 Å². The van der Waals surface area contributed by atoms with Crippen LogP contribution >= 0.6 is 11.6 Å². The Labute approximate surface area is 142 Å². The standard InChI is InChI=1S/C18H25ClFNO2/c1-4-5-6-14-10-21(11-17(23-14)12(2)3)18(22)15-8-7-13(19)9-16(15)20/h7-9,12,14,17H,4-6,10-11H2,1-3H3/t14-,17-/m1/s1. The summed E-state index contributed by atoms with van der Waals surface area (Å²) in [6, 6.07) is 4.19. The van der Waals surface area contributed by atoms with Crippen LogP contribution in [0.4, 0.5) is 4.39 Å². The largest absolute Gasteiger partial charge is 0.371 e. The Balaban J connectivity index is 2.16. The lowest BCUT2D eigenvalue weighted by atomic mass is 10.0. The highest BCUT2D eigenvalue weighted by Crippen LogP contribution is 2.24. The van der Waals surface area contributed by atoms with E-state index in [0.29, 0.717) is 24.0 Å². The zero-order valence-corrected chi connectivity index (χ0v) is 14.8. The summed E-state index contributed by atoms with van der Waals surface area (Å²) in [5.74, 6) is -0.542. The molecule has 0 spiro atoms. The SMILES string of the molecule is CCCC[C@@H]1CN(C(=O)c2ccc(Cl)cc2F)C[C@H](C(C)C)O1. The highest BCUT2D eigenvalue weighted by molar-refractivity contribution is 6.30. The molecule has 5 heteroatoms. The summed E-state index contributed by atoms with van der Waals surface area (Å²) in [6.07, 6.45) is 3.09. The third kappa shape index (κ3) is 4.67. The number of amides is 1. The van der Waals surface area contributed by atoms with E-state index in [9.17, 15) is 9.18 Å². The third-order valence-electron chi connectivity index (χ3n) is 4.26. The smallest absolute Gasteiger partial charge is 0.257 e. The summed E-state index contributed by atoms with van der Waals surface area (Å²) >= 11 is 5.77. The number of ether oxygens (including phenoxy) is 1. The first kappa shape index (κ1) is 18.2. The fraction of sp³-hybridized carbons (Fsp3) is 0.611. The number of morpholine rings is 1. The summed E-state index contributed by atoms with van der Waals surface area (Å²) in [5, 5.41) is 0.293. The van der Waals surface area contributed by atoms with Crippen LogP contribution in [0.2, 0.25) is 5.02 Å². The average Bonchev–Trinajstić information content (AvgIpc) is 2.52. The van der Waals surface area contributed by atoms with Crippen LogP contribution in [0.15, 0.2) is 18.2 Å². The Hall–Kier alpha value is -1.13. The number of hydrogen-bond donors (Lipinski definition) is 0. The van der Waals surface area contributed by atoms with E-state index in [-0.39, 0.29) is 23.7 Å². The van der Waals surface area contributed by atoms with Gasteiger partial charge in [-0.05, 0) is 30.5 Å². The lowest BCUT2D eigenvalue weighted by Crippen LogP contribution is -2.51. The quantitative estimate of drug-likeness (QED) is 0.787. The van der Waals surface area contributed by atoms with Gasteiger partial charge in [-0.15, -0.1) is 0 Å². The minimum Gasteiger partial charge on any atom is -0.371 e. The van der Waals surface area contributed by atoms with E-state index in [1.807, 2.05) is 0 Å². The third-order valence-corrected chi connectivity index (χ3v) is 4.50. The Morgan fingerprint density at radius 3 is 2.78 bits per heavy atom. The topological polar surface area (TPSA) is 29.5 Å². The molecule has 0 bridgehead atoms. The molecular weight excluding hydrogens is 317 g/mol. The van der Waals surface area contributed by atoms with Gasteiger partial charge in [0.15, 0.2) is 0 Å². The molecule has 23 heavy (non-hydrogen) atoms. The number of nitrogens with zero attached hydrogens (tertiary/aromatic N) is 1. The van der Waals surface area contributed by atoms with Crippen molar-refractivity contribution < 1.29 is 13.9 Å². The van der Waals surface area contributed by atoms with Crippen molar-refractivity contribution in [2.45, 2.75) is 52.2 Å². The first-order chi connectivity index (χ1) is 10.9. The van der Waals surface area contributed by atoms with Gasteiger partial charge in [0, 0.05) is 18.1 Å². The Kier molecular flexibility index (Phi) is 6.42. The Bertz CT molecular complexity index is 550. The Morgan fingerprint density at radius 2 is 2.17 bits per heavy atom. The molecule has 1 amide bonds. The van der Waals surface area contributed by atoms with E-state index in [1.54, 1.807) is 11.0 Å². The molecule has 1 saturated heterocycles. The second-order valence-corrected chi connectivity index (χ2v) is 6.95. The van der Waals surface area contributed by atoms with Crippen LogP contribution in [0.5, 0.6) is 0 Å². The highest BCUT2D eigenvalue weighted by Gasteiger charge is 2.33. The van der Waals surface area contributed by atoms with Gasteiger partial charge in [-0.2, -0.15) is 0 Å². The lowest BCUT2D eigenvalue weighted by molar-refractivity contribution is -0.0963. The summed E-state index contributed by atoms with van der Waals surface area (Å²) in [4.78, 5) is 14.4. The predicted octanol–water partition coefficient (Wildman–Crippen LogP) is 4.53. The fourth-order valence-electron chi connectivity index (χ4n) is 2.83. The molecule has 1 aliphatic heterocycles. The van der Waals surface area contributed by atoms with Crippen molar-refractivity contribution in [1.29, 1.82) is 0 Å². The summed E-state index contributed by atoms with van der Waals surface area (Å²) in [5.41, 5.74) is 0.0769. The van der Waals surface area contributed by atoms with E-state index in [0.717, 1.165) is 19.3 Å². The number of halogens is 2. The van der Waals surface area contributed by atoms with Gasteiger partial charge in [0.05, 0.1) is 17.8 Å². The van der Waals surface area contributed by atoms with Crippen molar-refractivity contribution in [3.05, 3.63) is 34.6 Å². The molecule has 0 N–H and O–H groups in total. The van der Waals surface area contributed by atoms with Gasteiger partial charge in [0.1, 0.15) is 5.82 Å². The van der Waals surface area contributed by atoms with Gasteiger partial charge in [-0.1, -0.05) is 45.2 Å². The fourth-order valence-corrected chi connectivity index (χ4v) is 2.99. The lowest BCUT2D eigenvalue weighted by Gasteiger charge is -2.40. The molecule has 1 fully saturated rings. The normalized spacial score (nSPS) is 21.7. The maximum absolute atomic E-state index is 14.0. The van der Waals surface area contributed by atoms with Crippen LogP contribution in [-0.2, 0) is 4.74 Å². The van der Waals surface area contributed by atoms with E-state index in [2.05, 4.69) is 20.8 Å². The molecule has 0 aliphatic carbocycles. The van der Waals surface area contributed by atoms with Crippen molar-refractivity contribution >= 4 is 17.5 Å². The van der Waals surface area contributed by atoms with Gasteiger partial charge >= 0.3 is 0 Å². The molecule has 2 atom stereocenters. The number of benzene rings is 1. The number of hydrogen-bond acceptors (Lipinski definition) is 2. The first-order valence-corrected chi connectivity index (χ1v) is 8.70. The van der Waals surface area contributed by atoms with Gasteiger partial charge < -0.3 is 9.64 Å². The average molecular weight is 342 g/mol. The molecule has 128 valence electrons. The monoisotopic (exact) mass is 341 g/mol. The van der Waals surface area contributed by atoms with Gasteiger partial charge in [-0.25, -0.2) is 4.39 Å². The van der Waals surface area contributed by atoms with E-state index < -0.39 is 5.82 Å². The van der Waals surface area contributed by atoms with Crippen LogP contribution in [0.25, 0.3) is 0 Å². The van der Waals surface area contributed by atoms with E-state index in [4.69, 9.17) is 16.3 Å². The minimum atomic E-state index is -0.569. The van der Waals surface area contributed by atoms with Crippen LogP contribution in [0, 0.1) is 11.7 Å². The number of carbonyl (C=O) groups excluding carboxylic acids is 1. The highest BCUT2D eigenvalue weighted by atomic mass is 35.5. The summed E-state index contributed by atoms with van der Waals surface area (Å²) < 4.78 is 20.2. The van der Waals surface area contributed by atoms with E-state index in [1.165, 1.54) is 12.1 Å². The van der Waals surface area contributed by atoms with Crippen LogP contribution < -0.4 is 0 Å². The van der Waals surface area contributed by atoms with Crippen LogP contribution in [0.3, 0.4) is 0 Å². The maximum atomic E-state index is 14.0. The van der Waals surface area contributed by atoms with Gasteiger partial charge in [-0.3, -0.25) is 4.79 Å². The second-order valence-electron chi connectivity index (χ2n) is 6.52. The zero-order valence-electron chi connectivity index (χ0n) is 14.0. The van der Waals surface area contributed by atoms with Crippen molar-refractivity contribution in [3.63, 3.8) is 0 Å². The summed E-state index contributed by atoms with van der Waals surface area (Å²) in [7, 11) is 0. The Morgan fingerprint density at radius 1 is 1.43 bits per heavy atom. The number of carbonyl (C=O) groups is 1. The predicted molar refractivity (Wildman–Crippen MR) is 90.3 cm³/mol. The summed E-state index contributed by atoms with van der Waals surface area (Å²) in [6.45, 7) is 7.32. The minimum absolute atomic E-state index is 0.00934. The molecule has 0 unspecified atom stereocenters.